The number of aromatic nitrogens is 2. The number of methoxy groups -OCH3 is 1. The van der Waals surface area contributed by atoms with Crippen LogP contribution in [-0.4, -0.2) is 70.9 Å². The fourth-order valence-electron chi connectivity index (χ4n) is 2.95. The second kappa shape index (κ2) is 12.5. The maximum Gasteiger partial charge on any atom is 0.335 e. The van der Waals surface area contributed by atoms with Gasteiger partial charge in [0.2, 0.25) is 21.6 Å². The first-order valence-corrected chi connectivity index (χ1v) is 13.3. The van der Waals surface area contributed by atoms with Crippen molar-refractivity contribution in [3.63, 3.8) is 0 Å². The highest BCUT2D eigenvalue weighted by molar-refractivity contribution is 7.90. The Balaban J connectivity index is 1.76. The lowest BCUT2D eigenvalue weighted by Gasteiger charge is -2.29. The molecule has 0 aliphatic carbocycles. The molecule has 0 spiro atoms. The van der Waals surface area contributed by atoms with E-state index in [0.29, 0.717) is 57.1 Å². The van der Waals surface area contributed by atoms with Crippen LogP contribution in [0.3, 0.4) is 0 Å². The number of ether oxygens (including phenoxy) is 3. The molecule has 10 nitrogen and oxygen atoms in total. The van der Waals surface area contributed by atoms with Crippen LogP contribution in [0.1, 0.15) is 40.5 Å². The minimum absolute atomic E-state index is 0.0183. The second-order valence-electron chi connectivity index (χ2n) is 10.2. The normalized spacial score (nSPS) is 12.5. The number of carbonyl (C=O) groups is 1. The predicted molar refractivity (Wildman–Crippen MR) is 131 cm³/mol. The molecule has 0 saturated heterocycles. The average molecular weight is 512 g/mol. The van der Waals surface area contributed by atoms with Gasteiger partial charge in [0.05, 0.1) is 19.8 Å². The van der Waals surface area contributed by atoms with E-state index in [1.165, 1.54) is 0 Å². The molecule has 1 aromatic heterocycles. The van der Waals surface area contributed by atoms with Crippen molar-refractivity contribution in [1.29, 1.82) is 0 Å². The first kappa shape index (κ1) is 28.7. The zero-order chi connectivity index (χ0) is 26.1. The van der Waals surface area contributed by atoms with Crippen molar-refractivity contribution in [3.8, 4) is 17.2 Å². The van der Waals surface area contributed by atoms with Gasteiger partial charge in [-0.05, 0) is 30.7 Å². The third-order valence-electron chi connectivity index (χ3n) is 4.96. The molecule has 1 aromatic carbocycles. The molecule has 0 saturated carbocycles. The fraction of sp³-hybridized carbons (Fsp3) is 0.625. The number of sulfone groups is 1. The van der Waals surface area contributed by atoms with Crippen LogP contribution in [0.25, 0.3) is 11.5 Å². The van der Waals surface area contributed by atoms with E-state index in [-0.39, 0.29) is 22.6 Å². The number of rotatable bonds is 15. The predicted octanol–water partition coefficient (Wildman–Crippen LogP) is 3.13. The van der Waals surface area contributed by atoms with E-state index in [4.69, 9.17) is 18.6 Å². The van der Waals surface area contributed by atoms with Gasteiger partial charge >= 0.3 is 5.22 Å². The summed E-state index contributed by atoms with van der Waals surface area (Å²) in [5, 5.41) is 9.88. The van der Waals surface area contributed by atoms with Crippen molar-refractivity contribution >= 4 is 15.7 Å². The van der Waals surface area contributed by atoms with Crippen molar-refractivity contribution in [1.82, 2.24) is 15.5 Å². The number of amides is 1. The summed E-state index contributed by atoms with van der Waals surface area (Å²) in [4.78, 5) is 11.9. The lowest BCUT2D eigenvalue weighted by Crippen LogP contribution is -2.38. The largest absolute Gasteiger partial charge is 0.493 e. The van der Waals surface area contributed by atoms with Crippen LogP contribution in [0.2, 0.25) is 0 Å². The molecule has 2 rings (SSSR count). The lowest BCUT2D eigenvalue weighted by atomic mass is 9.93. The molecule has 11 heteroatoms. The monoisotopic (exact) mass is 511 g/mol. The van der Waals surface area contributed by atoms with Crippen molar-refractivity contribution in [2.24, 2.45) is 10.8 Å². The number of nitrogens with one attached hydrogen (secondary N) is 1. The van der Waals surface area contributed by atoms with Crippen LogP contribution < -0.4 is 10.1 Å². The van der Waals surface area contributed by atoms with Gasteiger partial charge in [0, 0.05) is 49.3 Å². The molecule has 0 aliphatic rings. The minimum atomic E-state index is -3.55. The Morgan fingerprint density at radius 3 is 2.29 bits per heavy atom. The zero-order valence-corrected chi connectivity index (χ0v) is 22.2. The number of benzene rings is 1. The Bertz CT molecular complexity index is 1050. The molecule has 1 heterocycles. The van der Waals surface area contributed by atoms with Gasteiger partial charge in [-0.3, -0.25) is 4.79 Å². The van der Waals surface area contributed by atoms with E-state index in [9.17, 15) is 13.2 Å². The Labute approximate surface area is 207 Å². The highest BCUT2D eigenvalue weighted by Gasteiger charge is 2.24. The van der Waals surface area contributed by atoms with Gasteiger partial charge < -0.3 is 23.9 Å². The summed E-state index contributed by atoms with van der Waals surface area (Å²) in [6.07, 6.45) is 2.17. The Hall–Kier alpha value is -2.50. The lowest BCUT2D eigenvalue weighted by molar-refractivity contribution is -0.122. The van der Waals surface area contributed by atoms with Crippen LogP contribution in [-0.2, 0) is 24.1 Å². The first-order valence-electron chi connectivity index (χ1n) is 11.4. The summed E-state index contributed by atoms with van der Waals surface area (Å²) in [5.41, 5.74) is 0.153. The van der Waals surface area contributed by atoms with Crippen molar-refractivity contribution < 1.29 is 31.8 Å². The van der Waals surface area contributed by atoms with E-state index in [2.05, 4.69) is 43.2 Å². The molecule has 0 atom stereocenters. The third kappa shape index (κ3) is 10.3. The van der Waals surface area contributed by atoms with E-state index >= 15 is 0 Å². The molecule has 35 heavy (non-hydrogen) atoms. The van der Waals surface area contributed by atoms with Crippen LogP contribution in [0, 0.1) is 10.8 Å². The first-order chi connectivity index (χ1) is 16.3. The maximum atomic E-state index is 11.9. The quantitative estimate of drug-likeness (QED) is 0.358. The summed E-state index contributed by atoms with van der Waals surface area (Å²) < 4.78 is 45.1. The van der Waals surface area contributed by atoms with E-state index in [1.54, 1.807) is 31.4 Å². The highest BCUT2D eigenvalue weighted by Crippen LogP contribution is 2.25. The molecular weight excluding hydrogens is 474 g/mol. The summed E-state index contributed by atoms with van der Waals surface area (Å²) in [6, 6.07) is 6.97. The van der Waals surface area contributed by atoms with E-state index < -0.39 is 15.1 Å². The van der Waals surface area contributed by atoms with Gasteiger partial charge in [-0.25, -0.2) is 8.42 Å². The standard InChI is InChI=1S/C24H37N3O7S/c1-23(2,14-25-20(28)8-7-13-31-5)15-32-16-24(3,4)17-33-19-11-9-18(10-12-19)21-26-27-22(34-21)35(6,29)30/h9-12H,7-8,13-17H2,1-6H3,(H,25,28). The van der Waals surface area contributed by atoms with Crippen molar-refractivity contribution in [3.05, 3.63) is 24.3 Å². The SMILES string of the molecule is COCCCC(=O)NCC(C)(C)COCC(C)(C)COc1ccc(-c2nnc(S(C)(=O)=O)o2)cc1. The molecule has 0 radical (unpaired) electrons. The van der Waals surface area contributed by atoms with Gasteiger partial charge in [-0.1, -0.05) is 32.8 Å². The highest BCUT2D eigenvalue weighted by atomic mass is 32.2. The molecule has 0 fully saturated rings. The average Bonchev–Trinajstić information content (AvgIpc) is 3.28. The molecule has 1 N–H and O–H groups in total. The third-order valence-corrected chi connectivity index (χ3v) is 5.76. The van der Waals surface area contributed by atoms with Gasteiger partial charge in [-0.15, -0.1) is 5.10 Å². The molecule has 196 valence electrons. The zero-order valence-electron chi connectivity index (χ0n) is 21.4. The van der Waals surface area contributed by atoms with Gasteiger partial charge in [-0.2, -0.15) is 0 Å². The molecular formula is C24H37N3O7S. The summed E-state index contributed by atoms with van der Waals surface area (Å²) in [5.74, 6) is 0.797. The number of carbonyl (C=O) groups excluding carboxylic acids is 1. The van der Waals surface area contributed by atoms with Gasteiger partial charge in [0.15, 0.2) is 0 Å². The van der Waals surface area contributed by atoms with E-state index in [0.717, 1.165) is 6.26 Å². The Morgan fingerprint density at radius 1 is 1.03 bits per heavy atom. The molecule has 0 bridgehead atoms. The van der Waals surface area contributed by atoms with Gasteiger partial charge in [0.1, 0.15) is 5.75 Å². The van der Waals surface area contributed by atoms with Crippen LogP contribution >= 0.6 is 0 Å². The Kier molecular flexibility index (Phi) is 10.2. The number of hydrogen-bond donors (Lipinski definition) is 1. The van der Waals surface area contributed by atoms with Crippen molar-refractivity contribution in [2.45, 2.75) is 45.8 Å². The molecule has 0 aliphatic heterocycles. The minimum Gasteiger partial charge on any atom is -0.493 e. The summed E-state index contributed by atoms with van der Waals surface area (Å²) in [6.45, 7) is 10.7. The molecule has 1 amide bonds. The second-order valence-corrected chi connectivity index (χ2v) is 12.0. The van der Waals surface area contributed by atoms with Crippen LogP contribution in [0.5, 0.6) is 5.75 Å². The number of hydrogen-bond acceptors (Lipinski definition) is 9. The van der Waals surface area contributed by atoms with Gasteiger partial charge in [0.25, 0.3) is 0 Å². The fourth-order valence-corrected chi connectivity index (χ4v) is 3.37. The van der Waals surface area contributed by atoms with Crippen LogP contribution in [0.15, 0.2) is 33.9 Å². The smallest absolute Gasteiger partial charge is 0.335 e. The van der Waals surface area contributed by atoms with Crippen LogP contribution in [0.4, 0.5) is 0 Å². The maximum absolute atomic E-state index is 11.9. The molecule has 0 unspecified atom stereocenters. The summed E-state index contributed by atoms with van der Waals surface area (Å²) >= 11 is 0. The topological polar surface area (TPSA) is 130 Å². The Morgan fingerprint density at radius 2 is 1.69 bits per heavy atom. The van der Waals surface area contributed by atoms with Crippen molar-refractivity contribution in [2.75, 3.05) is 46.3 Å². The number of nitrogens with zero attached hydrogens (tertiary/aromatic N) is 2. The molecule has 2 aromatic rings. The van der Waals surface area contributed by atoms with E-state index in [1.807, 2.05) is 0 Å². The summed E-state index contributed by atoms with van der Waals surface area (Å²) in [7, 11) is -1.93.